The highest BCUT2D eigenvalue weighted by molar-refractivity contribution is 6.29. The van der Waals surface area contributed by atoms with Gasteiger partial charge < -0.3 is 4.74 Å². The van der Waals surface area contributed by atoms with Crippen molar-refractivity contribution < 1.29 is 4.74 Å². The molecule has 68 valence electrons. The van der Waals surface area contributed by atoms with Crippen molar-refractivity contribution in [1.82, 2.24) is 14.6 Å². The van der Waals surface area contributed by atoms with Crippen molar-refractivity contribution in [3.63, 3.8) is 0 Å². The fraction of sp³-hybridized carbons (Fsp3) is 0.250. The van der Waals surface area contributed by atoms with E-state index in [2.05, 4.69) is 10.1 Å². The molecule has 0 amide bonds. The lowest BCUT2D eigenvalue weighted by molar-refractivity contribution is 0.384. The summed E-state index contributed by atoms with van der Waals surface area (Å²) in [6.45, 7) is 1.86. The van der Waals surface area contributed by atoms with Gasteiger partial charge in [0.1, 0.15) is 10.8 Å². The van der Waals surface area contributed by atoms with E-state index in [9.17, 15) is 0 Å². The molecule has 0 aliphatic heterocycles. The Hall–Kier alpha value is -1.29. The van der Waals surface area contributed by atoms with Gasteiger partial charge in [-0.15, -0.1) is 0 Å². The Morgan fingerprint density at radius 3 is 2.92 bits per heavy atom. The number of rotatable bonds is 1. The van der Waals surface area contributed by atoms with Gasteiger partial charge in [-0.1, -0.05) is 11.6 Å². The van der Waals surface area contributed by atoms with Crippen LogP contribution in [0.5, 0.6) is 5.88 Å². The lowest BCUT2D eigenvalue weighted by Gasteiger charge is -1.98. The highest BCUT2D eigenvalue weighted by Gasteiger charge is 2.09. The molecule has 2 aromatic heterocycles. The van der Waals surface area contributed by atoms with Gasteiger partial charge in [0.15, 0.2) is 5.65 Å². The van der Waals surface area contributed by atoms with Gasteiger partial charge in [0.25, 0.3) is 0 Å². The zero-order valence-electron chi connectivity index (χ0n) is 7.28. The summed E-state index contributed by atoms with van der Waals surface area (Å²) in [6.07, 6.45) is 0. The largest absolute Gasteiger partial charge is 0.480 e. The molecular formula is C8H8ClN3O. The number of halogens is 1. The highest BCUT2D eigenvalue weighted by atomic mass is 35.5. The number of methoxy groups -OCH3 is 1. The van der Waals surface area contributed by atoms with Crippen molar-refractivity contribution in [3.8, 4) is 5.88 Å². The number of hydrogen-bond acceptors (Lipinski definition) is 3. The third kappa shape index (κ3) is 1.23. The Morgan fingerprint density at radius 2 is 2.23 bits per heavy atom. The SMILES string of the molecule is COc1c(C)nc2ccc(Cl)nn12. The first kappa shape index (κ1) is 8.31. The fourth-order valence-electron chi connectivity index (χ4n) is 1.24. The maximum absolute atomic E-state index is 5.74. The van der Waals surface area contributed by atoms with E-state index in [-0.39, 0.29) is 0 Å². The van der Waals surface area contributed by atoms with Crippen LogP contribution in [0, 0.1) is 6.92 Å². The van der Waals surface area contributed by atoms with Crippen molar-refractivity contribution in [1.29, 1.82) is 0 Å². The average molecular weight is 198 g/mol. The predicted octanol–water partition coefficient (Wildman–Crippen LogP) is 1.70. The topological polar surface area (TPSA) is 39.4 Å². The van der Waals surface area contributed by atoms with Crippen LogP contribution in [0.25, 0.3) is 5.65 Å². The van der Waals surface area contributed by atoms with Crippen LogP contribution in [0.1, 0.15) is 5.69 Å². The Kier molecular flexibility index (Phi) is 1.84. The molecule has 0 spiro atoms. The van der Waals surface area contributed by atoms with E-state index < -0.39 is 0 Å². The van der Waals surface area contributed by atoms with Crippen molar-refractivity contribution in [2.75, 3.05) is 7.11 Å². The first-order chi connectivity index (χ1) is 6.22. The summed E-state index contributed by atoms with van der Waals surface area (Å²) in [7, 11) is 1.58. The van der Waals surface area contributed by atoms with Crippen LogP contribution in [-0.2, 0) is 0 Å². The van der Waals surface area contributed by atoms with Gasteiger partial charge in [0, 0.05) is 0 Å². The van der Waals surface area contributed by atoms with Crippen molar-refractivity contribution in [2.24, 2.45) is 0 Å². The van der Waals surface area contributed by atoms with Crippen LogP contribution >= 0.6 is 11.6 Å². The van der Waals surface area contributed by atoms with E-state index in [1.807, 2.05) is 6.92 Å². The van der Waals surface area contributed by atoms with Gasteiger partial charge in [0.2, 0.25) is 5.88 Å². The molecule has 0 aromatic carbocycles. The monoisotopic (exact) mass is 197 g/mol. The second-order valence-corrected chi connectivity index (χ2v) is 3.02. The Morgan fingerprint density at radius 1 is 1.46 bits per heavy atom. The van der Waals surface area contributed by atoms with Gasteiger partial charge in [-0.3, -0.25) is 0 Å². The molecule has 13 heavy (non-hydrogen) atoms. The number of imidazole rings is 1. The molecule has 2 aromatic rings. The van der Waals surface area contributed by atoms with Crippen LogP contribution in [0.3, 0.4) is 0 Å². The second-order valence-electron chi connectivity index (χ2n) is 2.63. The smallest absolute Gasteiger partial charge is 0.238 e. The average Bonchev–Trinajstić information content (AvgIpc) is 2.40. The zero-order valence-corrected chi connectivity index (χ0v) is 8.04. The molecule has 0 radical (unpaired) electrons. The lowest BCUT2D eigenvalue weighted by atomic mass is 10.5. The molecule has 0 unspecified atom stereocenters. The zero-order chi connectivity index (χ0) is 9.42. The third-order valence-corrected chi connectivity index (χ3v) is 1.96. The number of ether oxygens (including phenoxy) is 1. The summed E-state index contributed by atoms with van der Waals surface area (Å²) in [5.74, 6) is 0.623. The van der Waals surface area contributed by atoms with E-state index in [0.29, 0.717) is 11.0 Å². The summed E-state index contributed by atoms with van der Waals surface area (Å²) in [5, 5.41) is 4.48. The van der Waals surface area contributed by atoms with Crippen molar-refractivity contribution in [3.05, 3.63) is 23.0 Å². The lowest BCUT2D eigenvalue weighted by Crippen LogP contribution is -1.95. The minimum atomic E-state index is 0.420. The second kappa shape index (κ2) is 2.88. The van der Waals surface area contributed by atoms with Gasteiger partial charge in [0.05, 0.1) is 7.11 Å². The first-order valence-corrected chi connectivity index (χ1v) is 4.16. The van der Waals surface area contributed by atoms with E-state index in [1.165, 1.54) is 0 Å². The van der Waals surface area contributed by atoms with Crippen LogP contribution < -0.4 is 4.74 Å². The molecule has 0 aliphatic carbocycles. The maximum Gasteiger partial charge on any atom is 0.238 e. The molecule has 0 aliphatic rings. The normalized spacial score (nSPS) is 10.7. The molecule has 4 nitrogen and oxygen atoms in total. The quantitative estimate of drug-likeness (QED) is 0.699. The van der Waals surface area contributed by atoms with E-state index >= 15 is 0 Å². The van der Waals surface area contributed by atoms with Gasteiger partial charge in [-0.25, -0.2) is 4.98 Å². The molecule has 2 heterocycles. The van der Waals surface area contributed by atoms with E-state index in [0.717, 1.165) is 11.3 Å². The molecule has 2 rings (SSSR count). The first-order valence-electron chi connectivity index (χ1n) is 3.78. The molecule has 0 saturated carbocycles. The van der Waals surface area contributed by atoms with Crippen LogP contribution in [-0.4, -0.2) is 21.7 Å². The fourth-order valence-corrected chi connectivity index (χ4v) is 1.37. The summed E-state index contributed by atoms with van der Waals surface area (Å²) in [4.78, 5) is 4.24. The number of hydrogen-bond donors (Lipinski definition) is 0. The Balaban J connectivity index is 2.80. The maximum atomic E-state index is 5.74. The van der Waals surface area contributed by atoms with Gasteiger partial charge in [-0.2, -0.15) is 9.61 Å². The summed E-state index contributed by atoms with van der Waals surface area (Å²) in [6, 6.07) is 3.49. The molecule has 0 N–H and O–H groups in total. The van der Waals surface area contributed by atoms with Crippen LogP contribution in [0.4, 0.5) is 0 Å². The van der Waals surface area contributed by atoms with Crippen molar-refractivity contribution >= 4 is 17.2 Å². The number of aryl methyl sites for hydroxylation is 1. The number of aromatic nitrogens is 3. The molecule has 0 fully saturated rings. The molecule has 0 saturated heterocycles. The van der Waals surface area contributed by atoms with Gasteiger partial charge >= 0.3 is 0 Å². The van der Waals surface area contributed by atoms with Gasteiger partial charge in [-0.05, 0) is 19.1 Å². The molecule has 0 atom stereocenters. The number of fused-ring (bicyclic) bond motifs is 1. The summed E-state index contributed by atoms with van der Waals surface area (Å²) in [5.41, 5.74) is 1.54. The summed E-state index contributed by atoms with van der Waals surface area (Å²) < 4.78 is 6.71. The minimum Gasteiger partial charge on any atom is -0.480 e. The molecule has 0 bridgehead atoms. The highest BCUT2D eigenvalue weighted by Crippen LogP contribution is 2.19. The third-order valence-electron chi connectivity index (χ3n) is 1.76. The molecule has 5 heteroatoms. The predicted molar refractivity (Wildman–Crippen MR) is 49.3 cm³/mol. The van der Waals surface area contributed by atoms with Crippen LogP contribution in [0.15, 0.2) is 12.1 Å². The Labute approximate surface area is 80.1 Å². The number of nitrogens with zero attached hydrogens (tertiary/aromatic N) is 3. The molecular weight excluding hydrogens is 190 g/mol. The Bertz CT molecular complexity index is 452. The van der Waals surface area contributed by atoms with Crippen LogP contribution in [0.2, 0.25) is 5.15 Å². The summed E-state index contributed by atoms with van der Waals surface area (Å²) >= 11 is 5.74. The van der Waals surface area contributed by atoms with E-state index in [1.54, 1.807) is 23.8 Å². The van der Waals surface area contributed by atoms with Crippen molar-refractivity contribution in [2.45, 2.75) is 6.92 Å². The standard InChI is InChI=1S/C8H8ClN3O/c1-5-8(13-2)12-7(10-5)4-3-6(9)11-12/h3-4H,1-2H3. The van der Waals surface area contributed by atoms with E-state index in [4.69, 9.17) is 16.3 Å². The minimum absolute atomic E-state index is 0.420.